The summed E-state index contributed by atoms with van der Waals surface area (Å²) in [6.45, 7) is 0. The highest BCUT2D eigenvalue weighted by Crippen LogP contribution is 2.17. The van der Waals surface area contributed by atoms with Crippen molar-refractivity contribution < 1.29 is 9.90 Å². The zero-order valence-corrected chi connectivity index (χ0v) is 8.18. The highest BCUT2D eigenvalue weighted by Gasteiger charge is 2.15. The van der Waals surface area contributed by atoms with Gasteiger partial charge in [-0.3, -0.25) is 9.78 Å². The van der Waals surface area contributed by atoms with E-state index in [0.717, 1.165) is 0 Å². The lowest BCUT2D eigenvalue weighted by Crippen LogP contribution is -2.16. The molecule has 5 nitrogen and oxygen atoms in total. The van der Waals surface area contributed by atoms with Crippen LogP contribution in [0.4, 0.5) is 0 Å². The Labute approximate surface area is 90.4 Å². The number of carbonyl (C=O) groups is 1. The lowest BCUT2D eigenvalue weighted by atomic mass is 10.1. The Hall–Kier alpha value is -2.43. The van der Waals surface area contributed by atoms with Gasteiger partial charge in [0.25, 0.3) is 0 Å². The van der Waals surface area contributed by atoms with Gasteiger partial charge >= 0.3 is 5.97 Å². The van der Waals surface area contributed by atoms with Gasteiger partial charge in [0, 0.05) is 30.2 Å². The largest absolute Gasteiger partial charge is 0.477 e. The molecule has 0 aliphatic heterocycles. The molecule has 0 atom stereocenters. The van der Waals surface area contributed by atoms with Crippen LogP contribution in [0.2, 0.25) is 0 Å². The molecule has 0 aliphatic carbocycles. The standard InChI is InChI=1S/C11H8N2O3/c14-8-3-5-13-10(9(8)11(15)16)7-2-1-4-12-6-7/h1-6H,(H,13,14)(H,15,16). The molecule has 0 saturated heterocycles. The van der Waals surface area contributed by atoms with Crippen LogP contribution in [-0.4, -0.2) is 21.0 Å². The summed E-state index contributed by atoms with van der Waals surface area (Å²) >= 11 is 0. The van der Waals surface area contributed by atoms with Crippen molar-refractivity contribution in [3.05, 3.63) is 52.6 Å². The maximum Gasteiger partial charge on any atom is 0.341 e. The molecular weight excluding hydrogens is 208 g/mol. The lowest BCUT2D eigenvalue weighted by Gasteiger charge is -2.04. The van der Waals surface area contributed by atoms with E-state index in [1.54, 1.807) is 18.3 Å². The first kappa shape index (κ1) is 10.1. The lowest BCUT2D eigenvalue weighted by molar-refractivity contribution is 0.0696. The Morgan fingerprint density at radius 3 is 2.81 bits per heavy atom. The van der Waals surface area contributed by atoms with E-state index in [0.29, 0.717) is 5.56 Å². The SMILES string of the molecule is O=C(O)c1c(-c2cccnc2)[nH]ccc1=O. The Bertz CT molecular complexity index is 575. The number of hydrogen-bond acceptors (Lipinski definition) is 3. The molecule has 0 spiro atoms. The third-order valence-electron chi connectivity index (χ3n) is 2.12. The van der Waals surface area contributed by atoms with Crippen molar-refractivity contribution in [2.24, 2.45) is 0 Å². The highest BCUT2D eigenvalue weighted by molar-refractivity contribution is 5.94. The molecule has 2 aromatic rings. The minimum absolute atomic E-state index is 0.268. The number of nitrogens with one attached hydrogen (secondary N) is 1. The van der Waals surface area contributed by atoms with Crippen molar-refractivity contribution >= 4 is 5.97 Å². The van der Waals surface area contributed by atoms with Crippen LogP contribution in [0.15, 0.2) is 41.6 Å². The fourth-order valence-electron chi connectivity index (χ4n) is 1.43. The van der Waals surface area contributed by atoms with Gasteiger partial charge in [-0.15, -0.1) is 0 Å². The first-order valence-electron chi connectivity index (χ1n) is 4.55. The van der Waals surface area contributed by atoms with Gasteiger partial charge in [-0.05, 0) is 12.1 Å². The predicted octanol–water partition coefficient (Wildman–Crippen LogP) is 1.14. The van der Waals surface area contributed by atoms with E-state index >= 15 is 0 Å². The Kier molecular flexibility index (Phi) is 2.51. The van der Waals surface area contributed by atoms with Crippen LogP contribution in [0, 0.1) is 0 Å². The zero-order valence-electron chi connectivity index (χ0n) is 8.18. The van der Waals surface area contributed by atoms with Gasteiger partial charge in [0.05, 0.1) is 5.69 Å². The Morgan fingerprint density at radius 1 is 1.38 bits per heavy atom. The van der Waals surface area contributed by atoms with Crippen LogP contribution < -0.4 is 5.43 Å². The van der Waals surface area contributed by atoms with Gasteiger partial charge in [0.2, 0.25) is 0 Å². The first-order valence-corrected chi connectivity index (χ1v) is 4.55. The molecule has 2 heterocycles. The number of hydrogen-bond donors (Lipinski definition) is 2. The number of aromatic amines is 1. The summed E-state index contributed by atoms with van der Waals surface area (Å²) in [4.78, 5) is 29.0. The summed E-state index contributed by atoms with van der Waals surface area (Å²) < 4.78 is 0. The molecule has 0 saturated carbocycles. The van der Waals surface area contributed by atoms with Crippen LogP contribution in [-0.2, 0) is 0 Å². The molecule has 0 amide bonds. The van der Waals surface area contributed by atoms with Crippen LogP contribution in [0.3, 0.4) is 0 Å². The first-order chi connectivity index (χ1) is 7.70. The average Bonchev–Trinajstić information content (AvgIpc) is 2.29. The van der Waals surface area contributed by atoms with Crippen molar-refractivity contribution in [2.45, 2.75) is 0 Å². The van der Waals surface area contributed by atoms with Gasteiger partial charge < -0.3 is 10.1 Å². The monoisotopic (exact) mass is 216 g/mol. The fourth-order valence-corrected chi connectivity index (χ4v) is 1.43. The van der Waals surface area contributed by atoms with Gasteiger partial charge in [0.15, 0.2) is 5.43 Å². The number of nitrogens with zero attached hydrogens (tertiary/aromatic N) is 1. The summed E-state index contributed by atoms with van der Waals surface area (Å²) in [5.74, 6) is -1.25. The van der Waals surface area contributed by atoms with E-state index in [4.69, 9.17) is 5.11 Å². The molecule has 0 bridgehead atoms. The van der Waals surface area contributed by atoms with Crippen molar-refractivity contribution in [1.82, 2.24) is 9.97 Å². The van der Waals surface area contributed by atoms with Gasteiger partial charge in [0.1, 0.15) is 5.56 Å². The molecule has 0 unspecified atom stereocenters. The second kappa shape index (κ2) is 3.98. The second-order valence-corrected chi connectivity index (χ2v) is 3.14. The molecule has 0 aromatic carbocycles. The highest BCUT2D eigenvalue weighted by atomic mass is 16.4. The van der Waals surface area contributed by atoms with Gasteiger partial charge in [-0.2, -0.15) is 0 Å². The number of aromatic nitrogens is 2. The van der Waals surface area contributed by atoms with Crippen LogP contribution in [0.25, 0.3) is 11.3 Å². The van der Waals surface area contributed by atoms with Gasteiger partial charge in [-0.25, -0.2) is 4.79 Å². The molecule has 16 heavy (non-hydrogen) atoms. The van der Waals surface area contributed by atoms with E-state index < -0.39 is 11.4 Å². The number of aromatic carboxylic acids is 1. The summed E-state index contributed by atoms with van der Waals surface area (Å²) in [6.07, 6.45) is 4.49. The van der Waals surface area contributed by atoms with E-state index in [2.05, 4.69) is 9.97 Å². The number of carboxylic acid groups (broad SMARTS) is 1. The fraction of sp³-hybridized carbons (Fsp3) is 0. The normalized spacial score (nSPS) is 10.0. The molecule has 2 rings (SSSR count). The van der Waals surface area contributed by atoms with E-state index in [9.17, 15) is 9.59 Å². The van der Waals surface area contributed by atoms with Crippen LogP contribution >= 0.6 is 0 Å². The number of rotatable bonds is 2. The molecule has 0 radical (unpaired) electrons. The summed E-state index contributed by atoms with van der Waals surface area (Å²) in [5, 5.41) is 8.97. The van der Waals surface area contributed by atoms with Crippen molar-refractivity contribution in [3.8, 4) is 11.3 Å². The molecular formula is C11H8N2O3. The number of H-pyrrole nitrogens is 1. The predicted molar refractivity (Wildman–Crippen MR) is 57.3 cm³/mol. The maximum atomic E-state index is 11.4. The van der Waals surface area contributed by atoms with Gasteiger partial charge in [-0.1, -0.05) is 0 Å². The second-order valence-electron chi connectivity index (χ2n) is 3.14. The Morgan fingerprint density at radius 2 is 2.19 bits per heavy atom. The smallest absolute Gasteiger partial charge is 0.341 e. The van der Waals surface area contributed by atoms with Crippen molar-refractivity contribution in [2.75, 3.05) is 0 Å². The number of carboxylic acids is 1. The van der Waals surface area contributed by atoms with Crippen LogP contribution in [0.1, 0.15) is 10.4 Å². The molecule has 2 N–H and O–H groups in total. The third kappa shape index (κ3) is 1.70. The topological polar surface area (TPSA) is 83.0 Å². The zero-order chi connectivity index (χ0) is 11.5. The maximum absolute atomic E-state index is 11.4. The summed E-state index contributed by atoms with van der Waals surface area (Å²) in [6, 6.07) is 4.54. The van der Waals surface area contributed by atoms with E-state index in [-0.39, 0.29) is 11.3 Å². The summed E-state index contributed by atoms with van der Waals surface area (Å²) in [7, 11) is 0. The summed E-state index contributed by atoms with van der Waals surface area (Å²) in [5.41, 5.74) is 0.0475. The van der Waals surface area contributed by atoms with E-state index in [1.807, 2.05) is 0 Å². The van der Waals surface area contributed by atoms with E-state index in [1.165, 1.54) is 18.5 Å². The minimum Gasteiger partial charge on any atom is -0.477 e. The molecule has 5 heteroatoms. The minimum atomic E-state index is -1.25. The average molecular weight is 216 g/mol. The molecule has 0 aliphatic rings. The third-order valence-corrected chi connectivity index (χ3v) is 2.12. The Balaban J connectivity index is 2.71. The molecule has 80 valence electrons. The number of pyridine rings is 2. The van der Waals surface area contributed by atoms with Crippen LogP contribution in [0.5, 0.6) is 0 Å². The van der Waals surface area contributed by atoms with Crippen molar-refractivity contribution in [3.63, 3.8) is 0 Å². The quantitative estimate of drug-likeness (QED) is 0.788. The van der Waals surface area contributed by atoms with Crippen molar-refractivity contribution in [1.29, 1.82) is 0 Å². The molecule has 0 fully saturated rings. The molecule has 2 aromatic heterocycles.